The smallest absolute Gasteiger partial charge is 0.329 e. The number of ether oxygens (including phenoxy) is 1. The molecule has 100 valence electrons. The Balaban J connectivity index is 1.85. The van der Waals surface area contributed by atoms with Crippen molar-refractivity contribution in [3.63, 3.8) is 0 Å². The number of hydrogen-bond acceptors (Lipinski definition) is 4. The molecule has 1 aromatic rings. The number of hydrogen-bond donors (Lipinski definition) is 1. The van der Waals surface area contributed by atoms with E-state index in [1.54, 1.807) is 12.1 Å². The van der Waals surface area contributed by atoms with E-state index in [1.807, 2.05) is 19.1 Å². The molecule has 1 aliphatic rings. The summed E-state index contributed by atoms with van der Waals surface area (Å²) in [5.74, 6) is -0.962. The number of carbonyl (C=O) groups is 3. The van der Waals surface area contributed by atoms with Crippen LogP contribution < -0.4 is 5.32 Å². The number of aryl methyl sites for hydroxylation is 1. The lowest BCUT2D eigenvalue weighted by molar-refractivity contribution is -0.145. The predicted octanol–water partition coefficient (Wildman–Crippen LogP) is 1.000. The van der Waals surface area contributed by atoms with Gasteiger partial charge in [0.1, 0.15) is 6.04 Å². The molecule has 0 bridgehead atoms. The fourth-order valence-electron chi connectivity index (χ4n) is 1.85. The topological polar surface area (TPSA) is 72.5 Å². The minimum Gasteiger partial charge on any atom is -0.456 e. The van der Waals surface area contributed by atoms with E-state index in [0.717, 1.165) is 5.56 Å². The fraction of sp³-hybridized carbons (Fsp3) is 0.357. The van der Waals surface area contributed by atoms with Gasteiger partial charge in [0.15, 0.2) is 12.4 Å². The van der Waals surface area contributed by atoms with Crippen molar-refractivity contribution in [2.45, 2.75) is 25.8 Å². The molecule has 0 saturated carbocycles. The van der Waals surface area contributed by atoms with Gasteiger partial charge in [0.25, 0.3) is 0 Å². The number of Topliss-reactive ketones (excluding diaryl/α,β-unsaturated/α-hetero) is 1. The van der Waals surface area contributed by atoms with Crippen molar-refractivity contribution in [3.8, 4) is 0 Å². The van der Waals surface area contributed by atoms with E-state index in [4.69, 9.17) is 4.74 Å². The quantitative estimate of drug-likeness (QED) is 0.648. The zero-order valence-corrected chi connectivity index (χ0v) is 10.6. The Hall–Kier alpha value is -2.17. The molecule has 2 rings (SSSR count). The molecule has 19 heavy (non-hydrogen) atoms. The highest BCUT2D eigenvalue weighted by molar-refractivity contribution is 5.98. The van der Waals surface area contributed by atoms with E-state index >= 15 is 0 Å². The molecule has 0 radical (unpaired) electrons. The van der Waals surface area contributed by atoms with Gasteiger partial charge in [-0.25, -0.2) is 4.79 Å². The van der Waals surface area contributed by atoms with Gasteiger partial charge in [0.2, 0.25) is 5.91 Å². The van der Waals surface area contributed by atoms with Crippen molar-refractivity contribution in [2.24, 2.45) is 0 Å². The molecular formula is C14H15NO4. The highest BCUT2D eigenvalue weighted by Crippen LogP contribution is 2.09. The van der Waals surface area contributed by atoms with Gasteiger partial charge in [-0.15, -0.1) is 0 Å². The van der Waals surface area contributed by atoms with E-state index in [0.29, 0.717) is 18.4 Å². The van der Waals surface area contributed by atoms with E-state index in [1.165, 1.54) is 0 Å². The Labute approximate surface area is 110 Å². The third-order valence-corrected chi connectivity index (χ3v) is 3.00. The van der Waals surface area contributed by atoms with Crippen molar-refractivity contribution in [3.05, 3.63) is 35.4 Å². The van der Waals surface area contributed by atoms with Gasteiger partial charge < -0.3 is 10.1 Å². The molecule has 5 heteroatoms. The van der Waals surface area contributed by atoms with Crippen LogP contribution in [0.5, 0.6) is 0 Å². The van der Waals surface area contributed by atoms with Crippen LogP contribution in [0.4, 0.5) is 0 Å². The summed E-state index contributed by atoms with van der Waals surface area (Å²) in [7, 11) is 0. The summed E-state index contributed by atoms with van der Waals surface area (Å²) < 4.78 is 4.92. The molecule has 1 saturated heterocycles. The first-order valence-corrected chi connectivity index (χ1v) is 6.12. The molecule has 1 fully saturated rings. The van der Waals surface area contributed by atoms with E-state index in [2.05, 4.69) is 5.32 Å². The number of rotatable bonds is 4. The zero-order chi connectivity index (χ0) is 13.8. The van der Waals surface area contributed by atoms with Crippen molar-refractivity contribution in [2.75, 3.05) is 6.61 Å². The Morgan fingerprint density at radius 3 is 2.58 bits per heavy atom. The summed E-state index contributed by atoms with van der Waals surface area (Å²) in [4.78, 5) is 34.3. The van der Waals surface area contributed by atoms with Crippen molar-refractivity contribution >= 4 is 17.7 Å². The number of ketones is 1. The Kier molecular flexibility index (Phi) is 3.94. The lowest BCUT2D eigenvalue weighted by Gasteiger charge is -2.09. The van der Waals surface area contributed by atoms with Gasteiger partial charge in [-0.3, -0.25) is 9.59 Å². The van der Waals surface area contributed by atoms with Crippen LogP contribution in [0.25, 0.3) is 0 Å². The molecule has 1 aliphatic heterocycles. The largest absolute Gasteiger partial charge is 0.456 e. The van der Waals surface area contributed by atoms with E-state index < -0.39 is 12.0 Å². The average molecular weight is 261 g/mol. The minimum absolute atomic E-state index is 0.160. The van der Waals surface area contributed by atoms with Gasteiger partial charge in [0, 0.05) is 12.0 Å². The highest BCUT2D eigenvalue weighted by Gasteiger charge is 2.28. The van der Waals surface area contributed by atoms with Gasteiger partial charge >= 0.3 is 5.97 Å². The molecule has 1 N–H and O–H groups in total. The molecule has 1 atom stereocenters. The Morgan fingerprint density at radius 2 is 2.00 bits per heavy atom. The molecule has 1 amide bonds. The molecule has 0 spiro atoms. The maximum atomic E-state index is 11.8. The normalized spacial score (nSPS) is 17.9. The van der Waals surface area contributed by atoms with Crippen LogP contribution in [0, 0.1) is 6.92 Å². The van der Waals surface area contributed by atoms with Crippen LogP contribution in [-0.4, -0.2) is 30.3 Å². The van der Waals surface area contributed by atoms with Crippen LogP contribution in [0.2, 0.25) is 0 Å². The van der Waals surface area contributed by atoms with E-state index in [-0.39, 0.29) is 18.3 Å². The molecular weight excluding hydrogens is 246 g/mol. The minimum atomic E-state index is -0.613. The molecule has 1 heterocycles. The second-order valence-corrected chi connectivity index (χ2v) is 4.56. The van der Waals surface area contributed by atoms with Crippen LogP contribution in [-0.2, 0) is 14.3 Å². The summed E-state index contributed by atoms with van der Waals surface area (Å²) in [6.45, 7) is 1.63. The summed E-state index contributed by atoms with van der Waals surface area (Å²) in [6, 6.07) is 6.43. The standard InChI is InChI=1S/C14H15NO4/c1-9-2-4-10(5-3-9)12(16)8-19-14(18)11-6-7-13(17)15-11/h2-5,11H,6-8H2,1H3,(H,15,17). The predicted molar refractivity (Wildman–Crippen MR) is 67.6 cm³/mol. The Bertz CT molecular complexity index is 507. The molecule has 0 aromatic heterocycles. The summed E-state index contributed by atoms with van der Waals surface area (Å²) in [5.41, 5.74) is 1.57. The summed E-state index contributed by atoms with van der Waals surface area (Å²) >= 11 is 0. The first-order chi connectivity index (χ1) is 9.06. The highest BCUT2D eigenvalue weighted by atomic mass is 16.5. The molecule has 0 aliphatic carbocycles. The van der Waals surface area contributed by atoms with Gasteiger partial charge in [-0.1, -0.05) is 29.8 Å². The van der Waals surface area contributed by atoms with Crippen LogP contribution in [0.15, 0.2) is 24.3 Å². The molecule has 1 unspecified atom stereocenters. The first kappa shape index (κ1) is 13.3. The third kappa shape index (κ3) is 3.40. The summed E-state index contributed by atoms with van der Waals surface area (Å²) in [5, 5.41) is 2.50. The molecule has 1 aromatic carbocycles. The number of amides is 1. The van der Waals surface area contributed by atoms with Crippen LogP contribution in [0.3, 0.4) is 0 Å². The SMILES string of the molecule is Cc1ccc(C(=O)COC(=O)C2CCC(=O)N2)cc1. The number of esters is 1. The van der Waals surface area contributed by atoms with Gasteiger partial charge in [-0.05, 0) is 13.3 Å². The first-order valence-electron chi connectivity index (χ1n) is 6.12. The van der Waals surface area contributed by atoms with Crippen molar-refractivity contribution in [1.82, 2.24) is 5.32 Å². The third-order valence-electron chi connectivity index (χ3n) is 3.00. The zero-order valence-electron chi connectivity index (χ0n) is 10.6. The van der Waals surface area contributed by atoms with Crippen molar-refractivity contribution < 1.29 is 19.1 Å². The van der Waals surface area contributed by atoms with Gasteiger partial charge in [0.05, 0.1) is 0 Å². The fourth-order valence-corrected chi connectivity index (χ4v) is 1.85. The number of nitrogens with one attached hydrogen (secondary N) is 1. The van der Waals surface area contributed by atoms with E-state index in [9.17, 15) is 14.4 Å². The number of benzene rings is 1. The average Bonchev–Trinajstić information content (AvgIpc) is 2.83. The maximum absolute atomic E-state index is 11.8. The van der Waals surface area contributed by atoms with Crippen LogP contribution in [0.1, 0.15) is 28.8 Å². The second-order valence-electron chi connectivity index (χ2n) is 4.56. The summed E-state index contributed by atoms with van der Waals surface area (Å²) in [6.07, 6.45) is 0.752. The lowest BCUT2D eigenvalue weighted by Crippen LogP contribution is -2.35. The number of carbonyl (C=O) groups excluding carboxylic acids is 3. The van der Waals surface area contributed by atoms with Gasteiger partial charge in [-0.2, -0.15) is 0 Å². The van der Waals surface area contributed by atoms with Crippen molar-refractivity contribution in [1.29, 1.82) is 0 Å². The Morgan fingerprint density at radius 1 is 1.32 bits per heavy atom. The molecule has 5 nitrogen and oxygen atoms in total. The lowest BCUT2D eigenvalue weighted by atomic mass is 10.1. The van der Waals surface area contributed by atoms with Crippen LogP contribution >= 0.6 is 0 Å². The maximum Gasteiger partial charge on any atom is 0.329 e. The monoisotopic (exact) mass is 261 g/mol. The second kappa shape index (κ2) is 5.65.